The lowest BCUT2D eigenvalue weighted by atomic mass is 9.75. The zero-order chi connectivity index (χ0) is 18.3. The average molecular weight is 344 g/mol. The van der Waals surface area contributed by atoms with Crippen LogP contribution in [0.15, 0.2) is 65.1 Å². The Morgan fingerprint density at radius 2 is 1.54 bits per heavy atom. The zero-order valence-electron chi connectivity index (χ0n) is 14.9. The monoisotopic (exact) mass is 344 g/mol. The van der Waals surface area contributed by atoms with Crippen molar-refractivity contribution in [3.8, 4) is 11.3 Å². The lowest BCUT2D eigenvalue weighted by Crippen LogP contribution is -2.27. The second kappa shape index (κ2) is 6.10. The molecule has 0 radical (unpaired) electrons. The highest BCUT2D eigenvalue weighted by atomic mass is 16.3. The molecule has 3 heteroatoms. The summed E-state index contributed by atoms with van der Waals surface area (Å²) in [6.45, 7) is 4.11. The summed E-state index contributed by atoms with van der Waals surface area (Å²) in [5.41, 5.74) is 2.08. The van der Waals surface area contributed by atoms with E-state index in [1.54, 1.807) is 12.1 Å². The van der Waals surface area contributed by atoms with Gasteiger partial charge in [0.25, 0.3) is 0 Å². The molecule has 0 bridgehead atoms. The van der Waals surface area contributed by atoms with E-state index in [0.29, 0.717) is 41.1 Å². The number of hydrogen-bond acceptors (Lipinski definition) is 3. The zero-order valence-corrected chi connectivity index (χ0v) is 14.9. The summed E-state index contributed by atoms with van der Waals surface area (Å²) in [5.74, 6) is 0.948. The largest absolute Gasteiger partial charge is 0.459 e. The molecule has 26 heavy (non-hydrogen) atoms. The van der Waals surface area contributed by atoms with Gasteiger partial charge >= 0.3 is 0 Å². The summed E-state index contributed by atoms with van der Waals surface area (Å²) in [6, 6.07) is 18.6. The fourth-order valence-electron chi connectivity index (χ4n) is 3.66. The van der Waals surface area contributed by atoms with Crippen LogP contribution in [0.2, 0.25) is 0 Å². The Bertz CT molecular complexity index is 979. The minimum Gasteiger partial charge on any atom is -0.459 e. The Hall–Kier alpha value is -2.94. The molecule has 2 aromatic carbocycles. The van der Waals surface area contributed by atoms with Gasteiger partial charge in [-0.2, -0.15) is 0 Å². The van der Waals surface area contributed by atoms with Crippen LogP contribution in [0.25, 0.3) is 11.3 Å². The van der Waals surface area contributed by atoms with Gasteiger partial charge in [0.05, 0.1) is 11.1 Å². The predicted molar refractivity (Wildman–Crippen MR) is 100 cm³/mol. The van der Waals surface area contributed by atoms with Gasteiger partial charge in [0, 0.05) is 24.0 Å². The molecule has 0 saturated carbocycles. The van der Waals surface area contributed by atoms with Crippen molar-refractivity contribution in [1.82, 2.24) is 0 Å². The Morgan fingerprint density at radius 1 is 0.923 bits per heavy atom. The van der Waals surface area contributed by atoms with Gasteiger partial charge in [-0.05, 0) is 5.41 Å². The third-order valence-corrected chi connectivity index (χ3v) is 4.84. The molecule has 0 unspecified atom stereocenters. The highest BCUT2D eigenvalue weighted by molar-refractivity contribution is 6.19. The van der Waals surface area contributed by atoms with Crippen LogP contribution < -0.4 is 0 Å². The minimum absolute atomic E-state index is 0.0125. The smallest absolute Gasteiger partial charge is 0.197 e. The number of hydrogen-bond donors (Lipinski definition) is 0. The first-order valence-electron chi connectivity index (χ1n) is 8.80. The molecule has 0 fully saturated rings. The Balaban J connectivity index is 1.95. The van der Waals surface area contributed by atoms with E-state index >= 15 is 0 Å². The van der Waals surface area contributed by atoms with E-state index in [9.17, 15) is 9.59 Å². The molecule has 0 saturated heterocycles. The molecule has 0 amide bonds. The maximum atomic E-state index is 13.3. The molecule has 1 aromatic heterocycles. The first kappa shape index (κ1) is 16.5. The summed E-state index contributed by atoms with van der Waals surface area (Å²) < 4.78 is 6.13. The summed E-state index contributed by atoms with van der Waals surface area (Å²) in [6.07, 6.45) is 1.07. The molecule has 3 aromatic rings. The van der Waals surface area contributed by atoms with E-state index < -0.39 is 0 Å². The number of Topliss-reactive ketones (excluding diaryl/α,β-unsaturated/α-hetero) is 1. The van der Waals surface area contributed by atoms with Crippen LogP contribution in [0.5, 0.6) is 0 Å². The number of carbonyl (C=O) groups is 2. The van der Waals surface area contributed by atoms with Crippen LogP contribution in [-0.4, -0.2) is 11.6 Å². The van der Waals surface area contributed by atoms with E-state index in [4.69, 9.17) is 4.42 Å². The Labute approximate surface area is 152 Å². The minimum atomic E-state index is -0.164. The Morgan fingerprint density at radius 3 is 2.19 bits per heavy atom. The lowest BCUT2D eigenvalue weighted by molar-refractivity contribution is 0.0896. The predicted octanol–water partition coefficient (Wildman–Crippen LogP) is 5.33. The number of ketones is 2. The van der Waals surface area contributed by atoms with E-state index in [1.807, 2.05) is 48.5 Å². The number of furan rings is 1. The number of fused-ring (bicyclic) bond motifs is 1. The van der Waals surface area contributed by atoms with Crippen molar-refractivity contribution in [3.63, 3.8) is 0 Å². The van der Waals surface area contributed by atoms with Gasteiger partial charge < -0.3 is 4.42 Å². The maximum Gasteiger partial charge on any atom is 0.197 e. The lowest BCUT2D eigenvalue weighted by Gasteiger charge is -2.27. The normalized spacial score (nSPS) is 15.5. The highest BCUT2D eigenvalue weighted by Crippen LogP contribution is 2.42. The molecule has 1 heterocycles. The topological polar surface area (TPSA) is 47.3 Å². The van der Waals surface area contributed by atoms with Gasteiger partial charge in [-0.3, -0.25) is 9.59 Å². The summed E-state index contributed by atoms with van der Waals surface area (Å²) in [7, 11) is 0. The van der Waals surface area contributed by atoms with Gasteiger partial charge in [0.1, 0.15) is 11.5 Å². The maximum absolute atomic E-state index is 13.3. The fraction of sp³-hybridized carbons (Fsp3) is 0.217. The SMILES string of the molecule is CC1(C)CC(=O)c2c(oc(-c3ccccc3)c2C(=O)c2ccccc2)C1. The Kier molecular flexibility index (Phi) is 3.87. The number of carbonyl (C=O) groups excluding carboxylic acids is 2. The molecule has 3 nitrogen and oxygen atoms in total. The van der Waals surface area contributed by atoms with Gasteiger partial charge in [0.15, 0.2) is 11.6 Å². The molecule has 0 atom stereocenters. The average Bonchev–Trinajstić information content (AvgIpc) is 3.01. The third kappa shape index (κ3) is 2.80. The standard InChI is InChI=1S/C23H20O3/c1-23(2)13-17(24)19-18(14-23)26-22(16-11-7-4-8-12-16)20(19)21(25)15-9-5-3-6-10-15/h3-12H,13-14H2,1-2H3. The van der Waals surface area contributed by atoms with Crippen molar-refractivity contribution < 1.29 is 14.0 Å². The van der Waals surface area contributed by atoms with Crippen molar-refractivity contribution >= 4 is 11.6 Å². The molecule has 4 rings (SSSR count). The third-order valence-electron chi connectivity index (χ3n) is 4.84. The van der Waals surface area contributed by atoms with Crippen molar-refractivity contribution in [2.24, 2.45) is 5.41 Å². The van der Waals surface area contributed by atoms with Crippen molar-refractivity contribution in [3.05, 3.63) is 83.1 Å². The second-order valence-corrected chi connectivity index (χ2v) is 7.61. The van der Waals surface area contributed by atoms with Crippen LogP contribution in [0.4, 0.5) is 0 Å². The molecule has 1 aliphatic rings. The molecule has 0 aliphatic heterocycles. The van der Waals surface area contributed by atoms with E-state index in [0.717, 1.165) is 5.56 Å². The van der Waals surface area contributed by atoms with Gasteiger partial charge in [-0.25, -0.2) is 0 Å². The highest BCUT2D eigenvalue weighted by Gasteiger charge is 2.39. The fourth-order valence-corrected chi connectivity index (χ4v) is 3.66. The first-order chi connectivity index (χ1) is 12.5. The number of rotatable bonds is 3. The molecular formula is C23H20O3. The molecule has 130 valence electrons. The molecular weight excluding hydrogens is 324 g/mol. The quantitative estimate of drug-likeness (QED) is 0.603. The van der Waals surface area contributed by atoms with Crippen molar-refractivity contribution in [1.29, 1.82) is 0 Å². The number of benzene rings is 2. The van der Waals surface area contributed by atoms with Gasteiger partial charge in [-0.1, -0.05) is 74.5 Å². The van der Waals surface area contributed by atoms with Crippen LogP contribution >= 0.6 is 0 Å². The second-order valence-electron chi connectivity index (χ2n) is 7.61. The summed E-state index contributed by atoms with van der Waals surface area (Å²) in [5, 5.41) is 0. The summed E-state index contributed by atoms with van der Waals surface area (Å²) >= 11 is 0. The van der Waals surface area contributed by atoms with Crippen molar-refractivity contribution in [2.45, 2.75) is 26.7 Å². The van der Waals surface area contributed by atoms with Gasteiger partial charge in [-0.15, -0.1) is 0 Å². The molecule has 0 spiro atoms. The molecule has 1 aliphatic carbocycles. The van der Waals surface area contributed by atoms with E-state index in [2.05, 4.69) is 13.8 Å². The van der Waals surface area contributed by atoms with Gasteiger partial charge in [0.2, 0.25) is 0 Å². The molecule has 0 N–H and O–H groups in total. The van der Waals surface area contributed by atoms with Crippen LogP contribution in [0, 0.1) is 5.41 Å². The van der Waals surface area contributed by atoms with Crippen LogP contribution in [-0.2, 0) is 6.42 Å². The van der Waals surface area contributed by atoms with E-state index in [1.165, 1.54) is 0 Å². The van der Waals surface area contributed by atoms with Crippen LogP contribution in [0.3, 0.4) is 0 Å². The van der Waals surface area contributed by atoms with E-state index in [-0.39, 0.29) is 17.0 Å². The van der Waals surface area contributed by atoms with Crippen LogP contribution in [0.1, 0.15) is 52.3 Å². The summed E-state index contributed by atoms with van der Waals surface area (Å²) in [4.78, 5) is 26.2. The first-order valence-corrected chi connectivity index (χ1v) is 8.80. The van der Waals surface area contributed by atoms with Crippen molar-refractivity contribution in [2.75, 3.05) is 0 Å².